The van der Waals surface area contributed by atoms with Crippen molar-refractivity contribution in [2.75, 3.05) is 18.6 Å². The number of hydrogen-bond acceptors (Lipinski definition) is 4. The predicted octanol–water partition coefficient (Wildman–Crippen LogP) is 2.53. The number of nitrogens with zero attached hydrogens (tertiary/aromatic N) is 1. The summed E-state index contributed by atoms with van der Waals surface area (Å²) in [5.74, 6) is 0.544. The average Bonchev–Trinajstić information content (AvgIpc) is 3.21. The minimum atomic E-state index is -3.12. The van der Waals surface area contributed by atoms with Crippen molar-refractivity contribution in [3.8, 4) is 5.75 Å². The largest absolute Gasteiger partial charge is 0.493 e. The van der Waals surface area contributed by atoms with Gasteiger partial charge in [-0.1, -0.05) is 17.7 Å². The fraction of sp³-hybridized carbons (Fsp3) is 0.562. The normalized spacial score (nSPS) is 16.0. The molecular formula is C16H22ClNO4S. The molecule has 0 N–H and O–H groups in total. The highest BCUT2D eigenvalue weighted by Gasteiger charge is 2.36. The average molecular weight is 360 g/mol. The Hall–Kier alpha value is -1.27. The second-order valence-electron chi connectivity index (χ2n) is 6.03. The molecule has 0 heterocycles. The van der Waals surface area contributed by atoms with Crippen molar-refractivity contribution in [3.05, 3.63) is 29.3 Å². The Labute approximate surface area is 142 Å². The van der Waals surface area contributed by atoms with Gasteiger partial charge in [0.1, 0.15) is 15.6 Å². The van der Waals surface area contributed by atoms with E-state index in [1.54, 1.807) is 36.1 Å². The molecule has 23 heavy (non-hydrogen) atoms. The molecule has 5 nitrogen and oxygen atoms in total. The molecule has 1 fully saturated rings. The van der Waals surface area contributed by atoms with Crippen molar-refractivity contribution in [2.45, 2.75) is 38.3 Å². The molecule has 0 bridgehead atoms. The summed E-state index contributed by atoms with van der Waals surface area (Å²) < 4.78 is 28.5. The molecule has 0 spiro atoms. The molecule has 1 saturated carbocycles. The van der Waals surface area contributed by atoms with E-state index in [1.807, 2.05) is 0 Å². The first-order chi connectivity index (χ1) is 10.8. The van der Waals surface area contributed by atoms with Crippen molar-refractivity contribution in [1.82, 2.24) is 4.90 Å². The van der Waals surface area contributed by atoms with Gasteiger partial charge in [0, 0.05) is 23.4 Å². The van der Waals surface area contributed by atoms with Gasteiger partial charge in [-0.05, 0) is 38.0 Å². The lowest BCUT2D eigenvalue weighted by Crippen LogP contribution is -2.44. The van der Waals surface area contributed by atoms with Crippen LogP contribution in [0.2, 0.25) is 5.02 Å². The van der Waals surface area contributed by atoms with E-state index in [4.69, 9.17) is 16.3 Å². The molecule has 7 heteroatoms. The summed E-state index contributed by atoms with van der Waals surface area (Å²) in [6.45, 7) is 2.03. The second-order valence-corrected chi connectivity index (χ2v) is 8.65. The van der Waals surface area contributed by atoms with E-state index < -0.39 is 9.84 Å². The summed E-state index contributed by atoms with van der Waals surface area (Å²) in [6, 6.07) is 6.87. The molecule has 2 rings (SSSR count). The number of benzene rings is 1. The van der Waals surface area contributed by atoms with Crippen molar-refractivity contribution in [2.24, 2.45) is 0 Å². The molecule has 0 radical (unpaired) electrons. The van der Waals surface area contributed by atoms with Crippen LogP contribution in [0.1, 0.15) is 26.2 Å². The Balaban J connectivity index is 1.88. The maximum absolute atomic E-state index is 12.4. The van der Waals surface area contributed by atoms with Gasteiger partial charge in [0.2, 0.25) is 5.91 Å². The van der Waals surface area contributed by atoms with Crippen molar-refractivity contribution >= 4 is 27.3 Å². The minimum Gasteiger partial charge on any atom is -0.493 e. The lowest BCUT2D eigenvalue weighted by atomic mass is 10.2. The first-order valence-corrected chi connectivity index (χ1v) is 10.1. The number of amides is 1. The number of hydrogen-bond donors (Lipinski definition) is 0. The predicted molar refractivity (Wildman–Crippen MR) is 90.6 cm³/mol. The Morgan fingerprint density at radius 2 is 2.13 bits per heavy atom. The van der Waals surface area contributed by atoms with Crippen LogP contribution in [0.5, 0.6) is 5.75 Å². The zero-order chi connectivity index (χ0) is 17.0. The molecule has 1 aliphatic carbocycles. The van der Waals surface area contributed by atoms with Gasteiger partial charge in [-0.2, -0.15) is 0 Å². The number of sulfone groups is 1. The van der Waals surface area contributed by atoms with Gasteiger partial charge < -0.3 is 9.64 Å². The fourth-order valence-corrected chi connectivity index (χ4v) is 3.84. The summed E-state index contributed by atoms with van der Waals surface area (Å²) in [6.07, 6.45) is 3.29. The highest BCUT2D eigenvalue weighted by Crippen LogP contribution is 2.29. The standard InChI is InChI=1S/C16H22ClNO4S/c1-12(11-23(2,20)21)18(14-6-7-14)16(19)8-9-22-15-5-3-4-13(17)10-15/h3-5,10,12,14H,6-9,11H2,1-2H3. The Morgan fingerprint density at radius 3 is 2.70 bits per heavy atom. The van der Waals surface area contributed by atoms with E-state index in [2.05, 4.69) is 0 Å². The minimum absolute atomic E-state index is 0.00953. The second kappa shape index (κ2) is 7.53. The number of carbonyl (C=O) groups is 1. The van der Waals surface area contributed by atoms with Crippen LogP contribution in [-0.4, -0.2) is 49.9 Å². The van der Waals surface area contributed by atoms with E-state index in [0.29, 0.717) is 10.8 Å². The first kappa shape index (κ1) is 18.1. The quantitative estimate of drug-likeness (QED) is 0.715. The van der Waals surface area contributed by atoms with Crippen LogP contribution in [0.15, 0.2) is 24.3 Å². The van der Waals surface area contributed by atoms with Crippen LogP contribution in [0.3, 0.4) is 0 Å². The number of carbonyl (C=O) groups excluding carboxylic acids is 1. The van der Waals surface area contributed by atoms with Gasteiger partial charge in [0.15, 0.2) is 0 Å². The van der Waals surface area contributed by atoms with Gasteiger partial charge >= 0.3 is 0 Å². The van der Waals surface area contributed by atoms with Crippen LogP contribution >= 0.6 is 11.6 Å². The van der Waals surface area contributed by atoms with E-state index in [0.717, 1.165) is 12.8 Å². The van der Waals surface area contributed by atoms with Crippen LogP contribution in [0, 0.1) is 0 Å². The molecule has 1 aromatic rings. The topological polar surface area (TPSA) is 63.7 Å². The van der Waals surface area contributed by atoms with E-state index >= 15 is 0 Å². The molecular weight excluding hydrogens is 338 g/mol. The number of ether oxygens (including phenoxy) is 1. The van der Waals surface area contributed by atoms with Crippen LogP contribution in [0.25, 0.3) is 0 Å². The smallest absolute Gasteiger partial charge is 0.226 e. The molecule has 1 atom stereocenters. The summed E-state index contributed by atoms with van der Waals surface area (Å²) >= 11 is 5.88. The first-order valence-electron chi connectivity index (χ1n) is 7.63. The van der Waals surface area contributed by atoms with Gasteiger partial charge in [0.25, 0.3) is 0 Å². The molecule has 128 valence electrons. The van der Waals surface area contributed by atoms with E-state index in [9.17, 15) is 13.2 Å². The fourth-order valence-electron chi connectivity index (χ4n) is 2.62. The van der Waals surface area contributed by atoms with Gasteiger partial charge in [-0.3, -0.25) is 4.79 Å². The molecule has 1 aromatic carbocycles. The van der Waals surface area contributed by atoms with Gasteiger partial charge in [-0.15, -0.1) is 0 Å². The van der Waals surface area contributed by atoms with Crippen molar-refractivity contribution < 1.29 is 17.9 Å². The SMILES string of the molecule is CC(CS(C)(=O)=O)N(C(=O)CCOc1cccc(Cl)c1)C1CC1. The van der Waals surface area contributed by atoms with Crippen LogP contribution in [0.4, 0.5) is 0 Å². The summed E-state index contributed by atoms with van der Waals surface area (Å²) in [5.41, 5.74) is 0. The summed E-state index contributed by atoms with van der Waals surface area (Å²) in [7, 11) is -3.12. The van der Waals surface area contributed by atoms with Gasteiger partial charge in [-0.25, -0.2) is 8.42 Å². The van der Waals surface area contributed by atoms with Gasteiger partial charge in [0.05, 0.1) is 18.8 Å². The molecule has 0 aliphatic heterocycles. The monoisotopic (exact) mass is 359 g/mol. The van der Waals surface area contributed by atoms with E-state index in [1.165, 1.54) is 6.26 Å². The third kappa shape index (κ3) is 6.03. The molecule has 1 aliphatic rings. The Bertz CT molecular complexity index is 658. The summed E-state index contributed by atoms with van der Waals surface area (Å²) in [4.78, 5) is 14.1. The Kier molecular flexibility index (Phi) is 5.92. The highest BCUT2D eigenvalue weighted by molar-refractivity contribution is 7.90. The number of rotatable bonds is 8. The molecule has 1 unspecified atom stereocenters. The molecule has 0 aromatic heterocycles. The highest BCUT2D eigenvalue weighted by atomic mass is 35.5. The van der Waals surface area contributed by atoms with E-state index in [-0.39, 0.29) is 36.8 Å². The van der Waals surface area contributed by atoms with Crippen LogP contribution in [-0.2, 0) is 14.6 Å². The van der Waals surface area contributed by atoms with Crippen molar-refractivity contribution in [1.29, 1.82) is 0 Å². The maximum atomic E-state index is 12.4. The number of halogens is 1. The molecule has 1 amide bonds. The zero-order valence-corrected chi connectivity index (χ0v) is 14.9. The van der Waals surface area contributed by atoms with Crippen molar-refractivity contribution in [3.63, 3.8) is 0 Å². The lowest BCUT2D eigenvalue weighted by molar-refractivity contribution is -0.133. The zero-order valence-electron chi connectivity index (χ0n) is 13.4. The lowest BCUT2D eigenvalue weighted by Gasteiger charge is -2.29. The van der Waals surface area contributed by atoms with Crippen LogP contribution < -0.4 is 4.74 Å². The molecule has 0 saturated heterocycles. The summed E-state index contributed by atoms with van der Waals surface area (Å²) in [5, 5.41) is 0.579. The third-order valence-electron chi connectivity index (χ3n) is 3.63. The third-order valence-corrected chi connectivity index (χ3v) is 4.95. The Morgan fingerprint density at radius 1 is 1.43 bits per heavy atom. The maximum Gasteiger partial charge on any atom is 0.226 e.